The molecule has 0 aromatic heterocycles. The summed E-state index contributed by atoms with van der Waals surface area (Å²) < 4.78 is 0. The lowest BCUT2D eigenvalue weighted by Crippen LogP contribution is -2.07. The Morgan fingerprint density at radius 2 is 2.18 bits per heavy atom. The molecule has 0 rings (SSSR count). The lowest BCUT2D eigenvalue weighted by molar-refractivity contribution is 0.686. The maximum absolute atomic E-state index is 5.16. The first kappa shape index (κ1) is 10.1. The Balaban J connectivity index is 3.88. The highest BCUT2D eigenvalue weighted by Gasteiger charge is 1.98. The molecule has 3 nitrogen and oxygen atoms in total. The van der Waals surface area contributed by atoms with Crippen molar-refractivity contribution in [3.63, 3.8) is 0 Å². The number of aliphatic imine (C=N–C) groups is 1. The van der Waals surface area contributed by atoms with Crippen LogP contribution in [0.1, 0.15) is 27.2 Å². The Labute approximate surface area is 68.4 Å². The summed E-state index contributed by atoms with van der Waals surface area (Å²) in [6, 6.07) is 0. The van der Waals surface area contributed by atoms with Crippen LogP contribution in [0.25, 0.3) is 0 Å². The standard InChI is InChI=1S/C8H17N3/c1-4-10-6-8(11-9)5-7(2)3/h6-7H,4-5,9H2,1-3H3/b10-6?,11-8-. The molecule has 11 heavy (non-hydrogen) atoms. The molecule has 64 valence electrons. The molecule has 0 amide bonds. The summed E-state index contributed by atoms with van der Waals surface area (Å²) in [4.78, 5) is 4.06. The van der Waals surface area contributed by atoms with E-state index in [9.17, 15) is 0 Å². The highest BCUT2D eigenvalue weighted by atomic mass is 15.1. The Morgan fingerprint density at radius 1 is 1.55 bits per heavy atom. The predicted molar refractivity (Wildman–Crippen MR) is 50.1 cm³/mol. The van der Waals surface area contributed by atoms with Gasteiger partial charge in [0.15, 0.2) is 0 Å². The molecule has 0 saturated carbocycles. The first-order chi connectivity index (χ1) is 5.20. The van der Waals surface area contributed by atoms with Crippen molar-refractivity contribution in [3.8, 4) is 0 Å². The fourth-order valence-corrected chi connectivity index (χ4v) is 0.754. The number of hydrazone groups is 1. The zero-order valence-electron chi connectivity index (χ0n) is 7.54. The summed E-state index contributed by atoms with van der Waals surface area (Å²) in [5.74, 6) is 5.74. The predicted octanol–water partition coefficient (Wildman–Crippen LogP) is 1.44. The van der Waals surface area contributed by atoms with Crippen molar-refractivity contribution in [3.05, 3.63) is 0 Å². The van der Waals surface area contributed by atoms with Crippen LogP contribution in [-0.4, -0.2) is 18.5 Å². The molecule has 0 aromatic rings. The minimum Gasteiger partial charge on any atom is -0.323 e. The largest absolute Gasteiger partial charge is 0.323 e. The minimum absolute atomic E-state index is 0.584. The summed E-state index contributed by atoms with van der Waals surface area (Å²) in [7, 11) is 0. The van der Waals surface area contributed by atoms with Crippen molar-refractivity contribution in [1.82, 2.24) is 0 Å². The van der Waals surface area contributed by atoms with E-state index in [1.807, 2.05) is 6.92 Å². The molecule has 3 heteroatoms. The van der Waals surface area contributed by atoms with Gasteiger partial charge in [-0.15, -0.1) is 0 Å². The van der Waals surface area contributed by atoms with Gasteiger partial charge in [0.25, 0.3) is 0 Å². The van der Waals surface area contributed by atoms with Crippen molar-refractivity contribution in [1.29, 1.82) is 0 Å². The Morgan fingerprint density at radius 3 is 2.55 bits per heavy atom. The molecule has 0 aromatic carbocycles. The molecule has 0 unspecified atom stereocenters. The van der Waals surface area contributed by atoms with Crippen LogP contribution in [0, 0.1) is 5.92 Å². The van der Waals surface area contributed by atoms with Crippen LogP contribution < -0.4 is 5.84 Å². The number of rotatable bonds is 4. The van der Waals surface area contributed by atoms with E-state index < -0.39 is 0 Å². The van der Waals surface area contributed by atoms with Gasteiger partial charge in [-0.1, -0.05) is 13.8 Å². The maximum Gasteiger partial charge on any atom is 0.0780 e. The second-order valence-electron chi connectivity index (χ2n) is 2.85. The van der Waals surface area contributed by atoms with E-state index in [-0.39, 0.29) is 0 Å². The van der Waals surface area contributed by atoms with Crippen LogP contribution in [0.2, 0.25) is 0 Å². The highest BCUT2D eigenvalue weighted by molar-refractivity contribution is 6.30. The second-order valence-corrected chi connectivity index (χ2v) is 2.85. The third-order valence-corrected chi connectivity index (χ3v) is 1.21. The fourth-order valence-electron chi connectivity index (χ4n) is 0.754. The van der Waals surface area contributed by atoms with Crippen molar-refractivity contribution < 1.29 is 0 Å². The van der Waals surface area contributed by atoms with Gasteiger partial charge in [0.1, 0.15) is 0 Å². The van der Waals surface area contributed by atoms with E-state index in [0.29, 0.717) is 5.92 Å². The summed E-state index contributed by atoms with van der Waals surface area (Å²) in [5.41, 5.74) is 0.877. The van der Waals surface area contributed by atoms with E-state index >= 15 is 0 Å². The van der Waals surface area contributed by atoms with Gasteiger partial charge in [-0.25, -0.2) is 0 Å². The first-order valence-electron chi connectivity index (χ1n) is 3.97. The molecule has 0 bridgehead atoms. The first-order valence-corrected chi connectivity index (χ1v) is 3.97. The topological polar surface area (TPSA) is 50.7 Å². The van der Waals surface area contributed by atoms with Crippen LogP contribution in [-0.2, 0) is 0 Å². The van der Waals surface area contributed by atoms with Crippen LogP contribution in [0.15, 0.2) is 10.1 Å². The average molecular weight is 155 g/mol. The van der Waals surface area contributed by atoms with E-state index in [0.717, 1.165) is 18.7 Å². The molecule has 0 radical (unpaired) electrons. The van der Waals surface area contributed by atoms with Gasteiger partial charge in [0, 0.05) is 12.8 Å². The summed E-state index contributed by atoms with van der Waals surface area (Å²) in [6.45, 7) is 7.03. The smallest absolute Gasteiger partial charge is 0.0780 e. The van der Waals surface area contributed by atoms with Gasteiger partial charge < -0.3 is 5.84 Å². The van der Waals surface area contributed by atoms with Crippen molar-refractivity contribution in [2.24, 2.45) is 21.9 Å². The van der Waals surface area contributed by atoms with Crippen molar-refractivity contribution in [2.75, 3.05) is 6.54 Å². The van der Waals surface area contributed by atoms with Crippen LogP contribution >= 0.6 is 0 Å². The van der Waals surface area contributed by atoms with Gasteiger partial charge in [-0.2, -0.15) is 5.10 Å². The quantitative estimate of drug-likeness (QED) is 0.373. The summed E-state index contributed by atoms with van der Waals surface area (Å²) in [5, 5.41) is 3.63. The Kier molecular flexibility index (Phi) is 5.43. The SMILES string of the molecule is CCN=C/C(CC(C)C)=N\N. The van der Waals surface area contributed by atoms with E-state index in [2.05, 4.69) is 23.9 Å². The molecule has 2 N–H and O–H groups in total. The molecular formula is C8H17N3. The lowest BCUT2D eigenvalue weighted by atomic mass is 10.1. The van der Waals surface area contributed by atoms with Gasteiger partial charge in [-0.3, -0.25) is 4.99 Å². The monoisotopic (exact) mass is 155 g/mol. The Bertz CT molecular complexity index is 147. The third kappa shape index (κ3) is 5.58. The second kappa shape index (κ2) is 5.89. The van der Waals surface area contributed by atoms with Crippen LogP contribution in [0.5, 0.6) is 0 Å². The van der Waals surface area contributed by atoms with Crippen LogP contribution in [0.3, 0.4) is 0 Å². The van der Waals surface area contributed by atoms with Crippen molar-refractivity contribution >= 4 is 11.9 Å². The van der Waals surface area contributed by atoms with Gasteiger partial charge in [0.2, 0.25) is 0 Å². The minimum atomic E-state index is 0.584. The van der Waals surface area contributed by atoms with Gasteiger partial charge in [0.05, 0.1) is 5.71 Å². The number of nitrogens with zero attached hydrogens (tertiary/aromatic N) is 2. The number of nitrogens with two attached hydrogens (primary N) is 1. The Hall–Kier alpha value is -0.860. The molecular weight excluding hydrogens is 138 g/mol. The molecule has 0 fully saturated rings. The molecule has 0 heterocycles. The highest BCUT2D eigenvalue weighted by Crippen LogP contribution is 1.99. The van der Waals surface area contributed by atoms with Gasteiger partial charge in [-0.05, 0) is 19.3 Å². The molecule has 0 aliphatic heterocycles. The third-order valence-electron chi connectivity index (χ3n) is 1.21. The summed E-state index contributed by atoms with van der Waals surface area (Å²) >= 11 is 0. The zero-order valence-corrected chi connectivity index (χ0v) is 7.54. The summed E-state index contributed by atoms with van der Waals surface area (Å²) in [6.07, 6.45) is 2.65. The molecule has 0 aliphatic carbocycles. The normalized spacial score (nSPS) is 13.3. The van der Waals surface area contributed by atoms with Crippen molar-refractivity contribution in [2.45, 2.75) is 27.2 Å². The van der Waals surface area contributed by atoms with E-state index in [1.54, 1.807) is 6.21 Å². The lowest BCUT2D eigenvalue weighted by Gasteiger charge is -2.01. The maximum atomic E-state index is 5.16. The van der Waals surface area contributed by atoms with Crippen LogP contribution in [0.4, 0.5) is 0 Å². The average Bonchev–Trinajstić information content (AvgIpc) is 1.97. The molecule has 0 atom stereocenters. The number of hydrogen-bond acceptors (Lipinski definition) is 3. The van der Waals surface area contributed by atoms with E-state index in [1.165, 1.54) is 0 Å². The number of hydrogen-bond donors (Lipinski definition) is 1. The van der Waals surface area contributed by atoms with E-state index in [4.69, 9.17) is 5.84 Å². The molecule has 0 spiro atoms. The fraction of sp³-hybridized carbons (Fsp3) is 0.750. The van der Waals surface area contributed by atoms with Gasteiger partial charge >= 0.3 is 0 Å². The molecule has 0 aliphatic rings. The molecule has 0 saturated heterocycles. The zero-order chi connectivity index (χ0) is 8.69.